The summed E-state index contributed by atoms with van der Waals surface area (Å²) in [5.74, 6) is -2.27. The third-order valence-electron chi connectivity index (χ3n) is 4.18. The van der Waals surface area contributed by atoms with Crippen molar-refractivity contribution < 1.29 is 19.2 Å². The number of hydrogen-bond acceptors (Lipinski definition) is 5. The molecule has 2 rings (SSSR count). The van der Waals surface area contributed by atoms with Crippen LogP contribution in [0.2, 0.25) is 0 Å². The predicted octanol–water partition coefficient (Wildman–Crippen LogP) is 3.42. The van der Waals surface area contributed by atoms with Crippen LogP contribution in [0.15, 0.2) is 54.6 Å². The molecule has 1 atom stereocenters. The van der Waals surface area contributed by atoms with Gasteiger partial charge in [0, 0.05) is 10.5 Å². The first-order chi connectivity index (χ1) is 12.4. The molecule has 0 radical (unpaired) electrons. The second kappa shape index (κ2) is 8.89. The fourth-order valence-corrected chi connectivity index (χ4v) is 3.05. The zero-order valence-electron chi connectivity index (χ0n) is 14.8. The van der Waals surface area contributed by atoms with Gasteiger partial charge >= 0.3 is 0 Å². The van der Waals surface area contributed by atoms with Crippen molar-refractivity contribution in [1.29, 1.82) is 0 Å². The molecule has 0 aliphatic carbocycles. The summed E-state index contributed by atoms with van der Waals surface area (Å²) in [6.45, 7) is 2.34. The van der Waals surface area contributed by atoms with E-state index in [9.17, 15) is 19.7 Å². The summed E-state index contributed by atoms with van der Waals surface area (Å²) < 4.78 is 5.85. The first kappa shape index (κ1) is 19.3. The van der Waals surface area contributed by atoms with E-state index in [1.54, 1.807) is 24.3 Å². The minimum Gasteiger partial charge on any atom is -0.489 e. The molecule has 0 saturated carbocycles. The van der Waals surface area contributed by atoms with Crippen LogP contribution < -0.4 is 4.74 Å². The molecule has 2 aromatic rings. The molecule has 6 nitrogen and oxygen atoms in total. The molecule has 0 unspecified atom stereocenters. The van der Waals surface area contributed by atoms with Crippen molar-refractivity contribution in [2.75, 3.05) is 6.54 Å². The summed E-state index contributed by atoms with van der Waals surface area (Å²) in [4.78, 5) is 34.6. The molecule has 2 aromatic carbocycles. The van der Waals surface area contributed by atoms with Crippen LogP contribution in [0.25, 0.3) is 0 Å². The molecule has 6 heteroatoms. The average Bonchev–Trinajstić information content (AvgIpc) is 2.59. The highest BCUT2D eigenvalue weighted by molar-refractivity contribution is 6.01. The minimum absolute atomic E-state index is 0.286. The molecule has 0 bridgehead atoms. The average molecular weight is 355 g/mol. The zero-order valence-corrected chi connectivity index (χ0v) is 14.8. The van der Waals surface area contributed by atoms with Crippen molar-refractivity contribution >= 4 is 11.6 Å². The molecule has 0 aliphatic rings. The quantitative estimate of drug-likeness (QED) is 0.391. The lowest BCUT2D eigenvalue weighted by Crippen LogP contribution is -2.31. The van der Waals surface area contributed by atoms with E-state index in [0.717, 1.165) is 5.56 Å². The lowest BCUT2D eigenvalue weighted by atomic mass is 9.81. The Balaban J connectivity index is 2.36. The second-order valence-corrected chi connectivity index (χ2v) is 6.13. The SMILES string of the molecule is CC(=O)C(C(C)=O)[C@@H](C[N+](=O)[O-])c1ccccc1OCc1ccccc1. The Hall–Kier alpha value is -3.02. The van der Waals surface area contributed by atoms with Gasteiger partial charge in [0.2, 0.25) is 6.54 Å². The number of hydrogen-bond donors (Lipinski definition) is 0. The number of carbonyl (C=O) groups is 2. The zero-order chi connectivity index (χ0) is 19.1. The van der Waals surface area contributed by atoms with Crippen LogP contribution >= 0.6 is 0 Å². The number of Topliss-reactive ketones (excluding diaryl/α,β-unsaturated/α-hetero) is 2. The maximum Gasteiger partial charge on any atom is 0.211 e. The number of rotatable bonds is 9. The number of nitrogens with zero attached hydrogens (tertiary/aromatic N) is 1. The summed E-state index contributed by atoms with van der Waals surface area (Å²) >= 11 is 0. The first-order valence-electron chi connectivity index (χ1n) is 8.28. The van der Waals surface area contributed by atoms with Gasteiger partial charge in [-0.15, -0.1) is 0 Å². The number of nitro groups is 1. The van der Waals surface area contributed by atoms with Crippen molar-refractivity contribution in [2.45, 2.75) is 26.4 Å². The Labute approximate surface area is 151 Å². The van der Waals surface area contributed by atoms with Gasteiger partial charge in [-0.25, -0.2) is 0 Å². The van der Waals surface area contributed by atoms with Crippen molar-refractivity contribution in [2.24, 2.45) is 5.92 Å². The summed E-state index contributed by atoms with van der Waals surface area (Å²) in [5.41, 5.74) is 1.44. The lowest BCUT2D eigenvalue weighted by Gasteiger charge is -2.22. The van der Waals surface area contributed by atoms with Crippen molar-refractivity contribution in [3.8, 4) is 5.75 Å². The number of ether oxygens (including phenoxy) is 1. The maximum atomic E-state index is 12.0. The van der Waals surface area contributed by atoms with Gasteiger partial charge in [0.1, 0.15) is 23.9 Å². The Bertz CT molecular complexity index is 774. The lowest BCUT2D eigenvalue weighted by molar-refractivity contribution is -0.484. The van der Waals surface area contributed by atoms with Gasteiger partial charge in [0.05, 0.1) is 11.8 Å². The smallest absolute Gasteiger partial charge is 0.211 e. The van der Waals surface area contributed by atoms with Gasteiger partial charge in [0.15, 0.2) is 0 Å². The normalized spacial score (nSPS) is 11.8. The van der Waals surface area contributed by atoms with Crippen molar-refractivity contribution in [3.63, 3.8) is 0 Å². The third kappa shape index (κ3) is 4.99. The Morgan fingerprint density at radius 2 is 1.58 bits per heavy atom. The number of benzene rings is 2. The fraction of sp³-hybridized carbons (Fsp3) is 0.300. The largest absolute Gasteiger partial charge is 0.489 e. The third-order valence-corrected chi connectivity index (χ3v) is 4.18. The molecular weight excluding hydrogens is 334 g/mol. The summed E-state index contributed by atoms with van der Waals surface area (Å²) in [6.07, 6.45) is 0. The van der Waals surface area contributed by atoms with Gasteiger partial charge in [-0.2, -0.15) is 0 Å². The molecular formula is C20H21NO5. The van der Waals surface area contributed by atoms with E-state index < -0.39 is 23.3 Å². The fourth-order valence-electron chi connectivity index (χ4n) is 3.05. The molecule has 136 valence electrons. The summed E-state index contributed by atoms with van der Waals surface area (Å²) in [7, 11) is 0. The van der Waals surface area contributed by atoms with Crippen LogP contribution in [0.3, 0.4) is 0 Å². The van der Waals surface area contributed by atoms with Crippen molar-refractivity contribution in [3.05, 3.63) is 75.8 Å². The topological polar surface area (TPSA) is 86.5 Å². The van der Waals surface area contributed by atoms with Gasteiger partial charge in [-0.05, 0) is 25.5 Å². The summed E-state index contributed by atoms with van der Waals surface area (Å²) in [6, 6.07) is 16.3. The molecule has 0 heterocycles. The van der Waals surface area contributed by atoms with E-state index in [0.29, 0.717) is 11.3 Å². The Kier molecular flexibility index (Phi) is 6.60. The Morgan fingerprint density at radius 3 is 2.15 bits per heavy atom. The van der Waals surface area contributed by atoms with E-state index in [1.807, 2.05) is 30.3 Å². The molecule has 0 N–H and O–H groups in total. The standard InChI is InChI=1S/C20H21NO5/c1-14(22)20(15(2)23)18(12-21(24)25)17-10-6-7-11-19(17)26-13-16-8-4-3-5-9-16/h3-11,18,20H,12-13H2,1-2H3/t18-/m0/s1. The van der Waals surface area contributed by atoms with Crippen molar-refractivity contribution in [1.82, 2.24) is 0 Å². The minimum atomic E-state index is -1.07. The first-order valence-corrected chi connectivity index (χ1v) is 8.28. The van der Waals surface area contributed by atoms with E-state index in [1.165, 1.54) is 13.8 Å². The van der Waals surface area contributed by atoms with Gasteiger partial charge in [-0.3, -0.25) is 19.7 Å². The van der Waals surface area contributed by atoms with Crippen LogP contribution in [-0.4, -0.2) is 23.0 Å². The second-order valence-electron chi connectivity index (χ2n) is 6.13. The van der Waals surface area contributed by atoms with E-state index in [-0.39, 0.29) is 18.2 Å². The van der Waals surface area contributed by atoms with Gasteiger partial charge in [-0.1, -0.05) is 48.5 Å². The van der Waals surface area contributed by atoms with Crippen LogP contribution in [-0.2, 0) is 16.2 Å². The molecule has 0 fully saturated rings. The van der Waals surface area contributed by atoms with E-state index in [2.05, 4.69) is 0 Å². The number of carbonyl (C=O) groups excluding carboxylic acids is 2. The van der Waals surface area contributed by atoms with Crippen LogP contribution in [0, 0.1) is 16.0 Å². The highest BCUT2D eigenvalue weighted by Crippen LogP contribution is 2.34. The van der Waals surface area contributed by atoms with Crippen LogP contribution in [0.5, 0.6) is 5.75 Å². The molecule has 0 aromatic heterocycles. The monoisotopic (exact) mass is 355 g/mol. The van der Waals surface area contributed by atoms with E-state index in [4.69, 9.17) is 4.74 Å². The van der Waals surface area contributed by atoms with Gasteiger partial charge in [0.25, 0.3) is 0 Å². The maximum absolute atomic E-state index is 12.0. The molecule has 0 aliphatic heterocycles. The predicted molar refractivity (Wildman–Crippen MR) is 96.7 cm³/mol. The Morgan fingerprint density at radius 1 is 1.00 bits per heavy atom. The molecule has 0 spiro atoms. The van der Waals surface area contributed by atoms with Crippen LogP contribution in [0.1, 0.15) is 30.9 Å². The highest BCUT2D eigenvalue weighted by atomic mass is 16.6. The summed E-state index contributed by atoms with van der Waals surface area (Å²) in [5, 5.41) is 11.2. The highest BCUT2D eigenvalue weighted by Gasteiger charge is 2.36. The molecule has 26 heavy (non-hydrogen) atoms. The molecule has 0 saturated heterocycles. The number of ketones is 2. The molecule has 0 amide bonds. The van der Waals surface area contributed by atoms with E-state index >= 15 is 0 Å². The van der Waals surface area contributed by atoms with Crippen LogP contribution in [0.4, 0.5) is 0 Å². The number of para-hydroxylation sites is 1. The van der Waals surface area contributed by atoms with Gasteiger partial charge < -0.3 is 4.74 Å².